The molecular weight excluding hydrogens is 252 g/mol. The zero-order valence-electron chi connectivity index (χ0n) is 11.3. The molecule has 3 aromatic rings. The van der Waals surface area contributed by atoms with Gasteiger partial charge in [-0.15, -0.1) is 0 Å². The number of benzene rings is 2. The molecule has 0 aliphatic heterocycles. The molecule has 2 aromatic carbocycles. The van der Waals surface area contributed by atoms with Gasteiger partial charge in [-0.1, -0.05) is 24.3 Å². The van der Waals surface area contributed by atoms with Gasteiger partial charge in [0.1, 0.15) is 0 Å². The van der Waals surface area contributed by atoms with Crippen molar-refractivity contribution in [2.75, 3.05) is 11.9 Å². The third-order valence-electron chi connectivity index (χ3n) is 3.26. The molecule has 3 rings (SSSR count). The van der Waals surface area contributed by atoms with E-state index in [1.54, 1.807) is 10.6 Å². The molecular formula is C16H16N2O2. The van der Waals surface area contributed by atoms with Crippen LogP contribution in [0.25, 0.3) is 11.1 Å². The van der Waals surface area contributed by atoms with E-state index in [0.29, 0.717) is 18.7 Å². The van der Waals surface area contributed by atoms with Crippen molar-refractivity contribution in [1.29, 1.82) is 0 Å². The molecule has 0 saturated heterocycles. The zero-order valence-corrected chi connectivity index (χ0v) is 11.3. The molecule has 1 aromatic heterocycles. The lowest BCUT2D eigenvalue weighted by Crippen LogP contribution is -2.19. The monoisotopic (exact) mass is 268 g/mol. The number of nitrogens with zero attached hydrogens (tertiary/aromatic N) is 1. The average Bonchev–Trinajstić information content (AvgIpc) is 2.75. The molecule has 1 heterocycles. The first-order chi connectivity index (χ1) is 9.74. The Kier molecular flexibility index (Phi) is 3.29. The van der Waals surface area contributed by atoms with Crippen LogP contribution >= 0.6 is 0 Å². The third-order valence-corrected chi connectivity index (χ3v) is 3.26. The van der Waals surface area contributed by atoms with E-state index in [9.17, 15) is 4.79 Å². The quantitative estimate of drug-likeness (QED) is 0.791. The summed E-state index contributed by atoms with van der Waals surface area (Å²) in [6.07, 6.45) is 0. The molecule has 0 radical (unpaired) electrons. The molecule has 0 spiro atoms. The fourth-order valence-corrected chi connectivity index (χ4v) is 2.29. The average molecular weight is 268 g/mol. The van der Waals surface area contributed by atoms with Crippen LogP contribution in [-0.2, 0) is 6.54 Å². The largest absolute Gasteiger partial charge is 0.420 e. The van der Waals surface area contributed by atoms with Crippen molar-refractivity contribution >= 4 is 16.8 Å². The van der Waals surface area contributed by atoms with Gasteiger partial charge in [-0.2, -0.15) is 0 Å². The van der Waals surface area contributed by atoms with Gasteiger partial charge in [-0.3, -0.25) is 4.57 Å². The van der Waals surface area contributed by atoms with Crippen LogP contribution in [-0.4, -0.2) is 11.1 Å². The highest BCUT2D eigenvalue weighted by atomic mass is 16.4. The van der Waals surface area contributed by atoms with E-state index in [-0.39, 0.29) is 5.76 Å². The normalized spacial score (nSPS) is 10.8. The van der Waals surface area contributed by atoms with Crippen LogP contribution in [0.4, 0.5) is 5.69 Å². The third kappa shape index (κ3) is 2.45. The predicted molar refractivity (Wildman–Crippen MR) is 80.1 cm³/mol. The van der Waals surface area contributed by atoms with Crippen LogP contribution in [0.15, 0.2) is 57.7 Å². The molecule has 0 saturated carbocycles. The molecule has 0 amide bonds. The van der Waals surface area contributed by atoms with Crippen molar-refractivity contribution < 1.29 is 4.42 Å². The highest BCUT2D eigenvalue weighted by molar-refractivity contribution is 5.72. The smallest absolute Gasteiger partial charge is 0.408 e. The summed E-state index contributed by atoms with van der Waals surface area (Å²) in [6, 6.07) is 15.6. The first-order valence-corrected chi connectivity index (χ1v) is 6.63. The lowest BCUT2D eigenvalue weighted by Gasteiger charge is -2.07. The van der Waals surface area contributed by atoms with Gasteiger partial charge >= 0.3 is 5.76 Å². The van der Waals surface area contributed by atoms with Gasteiger partial charge < -0.3 is 9.73 Å². The van der Waals surface area contributed by atoms with E-state index in [1.807, 2.05) is 30.3 Å². The van der Waals surface area contributed by atoms with Gasteiger partial charge in [-0.25, -0.2) is 4.79 Å². The molecule has 0 aliphatic rings. The van der Waals surface area contributed by atoms with Crippen molar-refractivity contribution in [3.05, 3.63) is 64.6 Å². The van der Waals surface area contributed by atoms with Crippen molar-refractivity contribution in [2.24, 2.45) is 0 Å². The summed E-state index contributed by atoms with van der Waals surface area (Å²) in [5, 5.41) is 3.31. The number of nitrogens with one attached hydrogen (secondary N) is 1. The molecule has 0 atom stereocenters. The second-order valence-corrected chi connectivity index (χ2v) is 4.78. The molecule has 0 bridgehead atoms. The van der Waals surface area contributed by atoms with Crippen molar-refractivity contribution in [1.82, 2.24) is 4.57 Å². The number of aromatic nitrogens is 1. The maximum absolute atomic E-state index is 11.8. The lowest BCUT2D eigenvalue weighted by atomic mass is 10.2. The van der Waals surface area contributed by atoms with E-state index in [0.717, 1.165) is 11.2 Å². The Morgan fingerprint density at radius 2 is 2.00 bits per heavy atom. The predicted octanol–water partition coefficient (Wildman–Crippen LogP) is 3.02. The van der Waals surface area contributed by atoms with Crippen molar-refractivity contribution in [2.45, 2.75) is 13.5 Å². The van der Waals surface area contributed by atoms with E-state index in [4.69, 9.17) is 4.42 Å². The standard InChI is InChI=1S/C16H16N2O2/c1-12-5-4-6-13(11-12)17-9-10-18-14-7-2-3-8-15(14)20-16(18)19/h2-8,11,17H,9-10H2,1H3. The molecule has 20 heavy (non-hydrogen) atoms. The summed E-state index contributed by atoms with van der Waals surface area (Å²) in [6.45, 7) is 3.30. The molecule has 0 unspecified atom stereocenters. The number of anilines is 1. The Bertz CT molecular complexity index is 786. The number of oxazole rings is 1. The minimum atomic E-state index is -0.308. The summed E-state index contributed by atoms with van der Waals surface area (Å²) >= 11 is 0. The van der Waals surface area contributed by atoms with Crippen LogP contribution in [0.1, 0.15) is 5.56 Å². The lowest BCUT2D eigenvalue weighted by molar-refractivity contribution is 0.510. The highest BCUT2D eigenvalue weighted by Crippen LogP contribution is 2.12. The molecule has 0 fully saturated rings. The van der Waals surface area contributed by atoms with E-state index in [2.05, 4.69) is 24.4 Å². The van der Waals surface area contributed by atoms with Crippen LogP contribution in [0.3, 0.4) is 0 Å². The Hall–Kier alpha value is -2.49. The number of rotatable bonds is 4. The minimum Gasteiger partial charge on any atom is -0.408 e. The Morgan fingerprint density at radius 1 is 1.15 bits per heavy atom. The topological polar surface area (TPSA) is 47.2 Å². The first kappa shape index (κ1) is 12.5. The van der Waals surface area contributed by atoms with Crippen molar-refractivity contribution in [3.63, 3.8) is 0 Å². The number of hydrogen-bond donors (Lipinski definition) is 1. The van der Waals surface area contributed by atoms with Gasteiger partial charge in [0.15, 0.2) is 5.58 Å². The van der Waals surface area contributed by atoms with Gasteiger partial charge in [-0.05, 0) is 36.8 Å². The number of hydrogen-bond acceptors (Lipinski definition) is 3. The van der Waals surface area contributed by atoms with Crippen LogP contribution in [0, 0.1) is 6.92 Å². The number of aryl methyl sites for hydroxylation is 1. The molecule has 4 heteroatoms. The number of fused-ring (bicyclic) bond motifs is 1. The van der Waals surface area contributed by atoms with Crippen molar-refractivity contribution in [3.8, 4) is 0 Å². The fraction of sp³-hybridized carbons (Fsp3) is 0.188. The Labute approximate surface area is 116 Å². The molecule has 0 aliphatic carbocycles. The van der Waals surface area contributed by atoms with Gasteiger partial charge in [0.2, 0.25) is 0 Å². The van der Waals surface area contributed by atoms with Gasteiger partial charge in [0.05, 0.1) is 5.52 Å². The number of para-hydroxylation sites is 2. The molecule has 4 nitrogen and oxygen atoms in total. The Balaban J connectivity index is 1.74. The summed E-state index contributed by atoms with van der Waals surface area (Å²) in [5.41, 5.74) is 3.74. The second-order valence-electron chi connectivity index (χ2n) is 4.78. The second kappa shape index (κ2) is 5.25. The minimum absolute atomic E-state index is 0.308. The molecule has 102 valence electrons. The zero-order chi connectivity index (χ0) is 13.9. The van der Waals surface area contributed by atoms with E-state index < -0.39 is 0 Å². The highest BCUT2D eigenvalue weighted by Gasteiger charge is 2.07. The van der Waals surface area contributed by atoms with Gasteiger partial charge in [0, 0.05) is 18.8 Å². The molecule has 1 N–H and O–H groups in total. The van der Waals surface area contributed by atoms with E-state index in [1.165, 1.54) is 5.56 Å². The summed E-state index contributed by atoms with van der Waals surface area (Å²) < 4.78 is 6.85. The van der Waals surface area contributed by atoms with Crippen LogP contribution in [0.5, 0.6) is 0 Å². The fourth-order valence-electron chi connectivity index (χ4n) is 2.29. The summed E-state index contributed by atoms with van der Waals surface area (Å²) in [4.78, 5) is 11.8. The Morgan fingerprint density at radius 3 is 2.85 bits per heavy atom. The van der Waals surface area contributed by atoms with Crippen LogP contribution in [0.2, 0.25) is 0 Å². The van der Waals surface area contributed by atoms with E-state index >= 15 is 0 Å². The van der Waals surface area contributed by atoms with Crippen LogP contribution < -0.4 is 11.1 Å². The van der Waals surface area contributed by atoms with Gasteiger partial charge in [0.25, 0.3) is 0 Å². The SMILES string of the molecule is Cc1cccc(NCCn2c(=O)oc3ccccc32)c1. The summed E-state index contributed by atoms with van der Waals surface area (Å²) in [7, 11) is 0. The maximum atomic E-state index is 11.8. The first-order valence-electron chi connectivity index (χ1n) is 6.63. The maximum Gasteiger partial charge on any atom is 0.420 e. The summed E-state index contributed by atoms with van der Waals surface area (Å²) in [5.74, 6) is -0.308.